The van der Waals surface area contributed by atoms with Crippen molar-refractivity contribution >= 4 is 6.03 Å². The van der Waals surface area contributed by atoms with Crippen molar-refractivity contribution in [1.82, 2.24) is 10.6 Å². The lowest BCUT2D eigenvalue weighted by atomic mass is 9.88. The van der Waals surface area contributed by atoms with Crippen LogP contribution in [0.25, 0.3) is 0 Å². The SMILES string of the molecule is O=C(NC1CCCc2ccccc21)NC1CCc2c(F)cccc21. The van der Waals surface area contributed by atoms with Crippen molar-refractivity contribution in [2.75, 3.05) is 0 Å². The van der Waals surface area contributed by atoms with Crippen molar-refractivity contribution in [3.05, 3.63) is 70.5 Å². The van der Waals surface area contributed by atoms with E-state index in [9.17, 15) is 9.18 Å². The van der Waals surface area contributed by atoms with E-state index in [1.165, 1.54) is 17.2 Å². The maximum atomic E-state index is 13.8. The van der Waals surface area contributed by atoms with Crippen LogP contribution in [0.15, 0.2) is 42.5 Å². The fourth-order valence-corrected chi connectivity index (χ4v) is 4.02. The number of benzene rings is 2. The van der Waals surface area contributed by atoms with E-state index in [0.29, 0.717) is 6.42 Å². The predicted molar refractivity (Wildman–Crippen MR) is 91.3 cm³/mol. The molecule has 2 N–H and O–H groups in total. The minimum Gasteiger partial charge on any atom is -0.331 e. The van der Waals surface area contributed by atoms with E-state index in [0.717, 1.165) is 36.8 Å². The van der Waals surface area contributed by atoms with Crippen LogP contribution in [0.1, 0.15) is 53.6 Å². The Balaban J connectivity index is 1.45. The van der Waals surface area contributed by atoms with Crippen molar-refractivity contribution in [1.29, 1.82) is 0 Å². The van der Waals surface area contributed by atoms with Crippen LogP contribution >= 0.6 is 0 Å². The van der Waals surface area contributed by atoms with Crippen LogP contribution in [0.2, 0.25) is 0 Å². The number of urea groups is 1. The van der Waals surface area contributed by atoms with Crippen LogP contribution < -0.4 is 10.6 Å². The van der Waals surface area contributed by atoms with Gasteiger partial charge in [0, 0.05) is 0 Å². The first-order chi connectivity index (χ1) is 11.7. The summed E-state index contributed by atoms with van der Waals surface area (Å²) in [6, 6.07) is 13.2. The Morgan fingerprint density at radius 3 is 2.54 bits per heavy atom. The minimum absolute atomic E-state index is 0.0586. The number of nitrogens with one attached hydrogen (secondary N) is 2. The summed E-state index contributed by atoms with van der Waals surface area (Å²) in [7, 11) is 0. The van der Waals surface area contributed by atoms with Crippen molar-refractivity contribution in [2.24, 2.45) is 0 Å². The first kappa shape index (κ1) is 15.2. The highest BCUT2D eigenvalue weighted by molar-refractivity contribution is 5.75. The molecule has 0 aromatic heterocycles. The average molecular weight is 324 g/mol. The second kappa shape index (κ2) is 6.27. The van der Waals surface area contributed by atoms with Gasteiger partial charge in [0.05, 0.1) is 12.1 Å². The third kappa shape index (κ3) is 2.77. The Labute approximate surface area is 141 Å². The van der Waals surface area contributed by atoms with Crippen LogP contribution in [-0.2, 0) is 12.8 Å². The molecule has 3 nitrogen and oxygen atoms in total. The monoisotopic (exact) mass is 324 g/mol. The van der Waals surface area contributed by atoms with Crippen LogP contribution in [0.3, 0.4) is 0 Å². The molecule has 0 saturated heterocycles. The first-order valence-electron chi connectivity index (χ1n) is 8.64. The molecule has 2 aromatic carbocycles. The van der Waals surface area contributed by atoms with Gasteiger partial charge < -0.3 is 10.6 Å². The van der Waals surface area contributed by atoms with Crippen molar-refractivity contribution in [2.45, 2.75) is 44.2 Å². The molecule has 0 fully saturated rings. The lowest BCUT2D eigenvalue weighted by Crippen LogP contribution is -2.40. The van der Waals surface area contributed by atoms with E-state index in [2.05, 4.69) is 22.8 Å². The highest BCUT2D eigenvalue weighted by Gasteiger charge is 2.27. The quantitative estimate of drug-likeness (QED) is 0.854. The van der Waals surface area contributed by atoms with Gasteiger partial charge in [0.1, 0.15) is 5.82 Å². The molecule has 2 aliphatic carbocycles. The normalized spacial score (nSPS) is 21.7. The first-order valence-corrected chi connectivity index (χ1v) is 8.64. The number of rotatable bonds is 2. The second-order valence-corrected chi connectivity index (χ2v) is 6.66. The molecule has 0 heterocycles. The van der Waals surface area contributed by atoms with Gasteiger partial charge in [-0.25, -0.2) is 9.18 Å². The van der Waals surface area contributed by atoms with Crippen LogP contribution in [0.4, 0.5) is 9.18 Å². The summed E-state index contributed by atoms with van der Waals surface area (Å²) >= 11 is 0. The Hall–Kier alpha value is -2.36. The standard InChI is InChI=1S/C20H21FN2O/c21-17-9-4-8-16-15(17)11-12-19(16)23-20(24)22-18-10-3-6-13-5-1-2-7-14(13)18/h1-2,4-5,7-9,18-19H,3,6,10-12H2,(H2,22,23,24). The average Bonchev–Trinajstić information content (AvgIpc) is 2.99. The number of carbonyl (C=O) groups excluding carboxylic acids is 1. The van der Waals surface area contributed by atoms with E-state index >= 15 is 0 Å². The summed E-state index contributed by atoms with van der Waals surface area (Å²) in [4.78, 5) is 12.5. The number of aryl methyl sites for hydroxylation is 1. The summed E-state index contributed by atoms with van der Waals surface area (Å²) in [6.45, 7) is 0. The van der Waals surface area contributed by atoms with Gasteiger partial charge in [0.15, 0.2) is 0 Å². The fourth-order valence-electron chi connectivity index (χ4n) is 4.02. The maximum Gasteiger partial charge on any atom is 0.315 e. The summed E-state index contributed by atoms with van der Waals surface area (Å²) in [5.41, 5.74) is 4.19. The molecule has 124 valence electrons. The summed E-state index contributed by atoms with van der Waals surface area (Å²) in [5.74, 6) is -0.168. The molecule has 2 amide bonds. The zero-order valence-electron chi connectivity index (χ0n) is 13.5. The van der Waals surface area contributed by atoms with Gasteiger partial charge in [-0.2, -0.15) is 0 Å². The van der Waals surface area contributed by atoms with E-state index in [4.69, 9.17) is 0 Å². The molecule has 2 atom stereocenters. The number of amides is 2. The smallest absolute Gasteiger partial charge is 0.315 e. The van der Waals surface area contributed by atoms with E-state index in [-0.39, 0.29) is 23.9 Å². The Bertz CT molecular complexity index is 774. The Kier molecular flexibility index (Phi) is 3.97. The largest absolute Gasteiger partial charge is 0.331 e. The number of fused-ring (bicyclic) bond motifs is 2. The van der Waals surface area contributed by atoms with Crippen LogP contribution in [0.5, 0.6) is 0 Å². The Morgan fingerprint density at radius 1 is 0.917 bits per heavy atom. The molecular formula is C20H21FN2O. The molecule has 0 radical (unpaired) electrons. The van der Waals surface area contributed by atoms with Gasteiger partial charge in [-0.3, -0.25) is 0 Å². The zero-order chi connectivity index (χ0) is 16.5. The molecular weight excluding hydrogens is 303 g/mol. The molecule has 2 unspecified atom stereocenters. The summed E-state index contributed by atoms with van der Waals surface area (Å²) < 4.78 is 13.8. The Morgan fingerprint density at radius 2 is 1.67 bits per heavy atom. The molecule has 2 aromatic rings. The number of hydrogen-bond acceptors (Lipinski definition) is 1. The lowest BCUT2D eigenvalue weighted by molar-refractivity contribution is 0.231. The van der Waals surface area contributed by atoms with Crippen molar-refractivity contribution < 1.29 is 9.18 Å². The second-order valence-electron chi connectivity index (χ2n) is 6.66. The van der Waals surface area contributed by atoms with Crippen molar-refractivity contribution in [3.63, 3.8) is 0 Å². The fraction of sp³-hybridized carbons (Fsp3) is 0.350. The van der Waals surface area contributed by atoms with Gasteiger partial charge in [-0.1, -0.05) is 36.4 Å². The van der Waals surface area contributed by atoms with E-state index in [1.54, 1.807) is 6.07 Å². The predicted octanol–water partition coefficient (Wildman–Crippen LogP) is 4.19. The summed E-state index contributed by atoms with van der Waals surface area (Å²) in [6.07, 6.45) is 4.55. The zero-order valence-corrected chi connectivity index (χ0v) is 13.5. The molecule has 0 saturated carbocycles. The molecule has 2 aliphatic rings. The number of halogens is 1. The third-order valence-corrected chi connectivity index (χ3v) is 5.19. The van der Waals surface area contributed by atoms with Crippen LogP contribution in [0, 0.1) is 5.82 Å². The molecule has 0 spiro atoms. The highest BCUT2D eigenvalue weighted by Crippen LogP contribution is 2.33. The van der Waals surface area contributed by atoms with Gasteiger partial charge in [-0.15, -0.1) is 0 Å². The van der Waals surface area contributed by atoms with Gasteiger partial charge in [-0.05, 0) is 60.4 Å². The van der Waals surface area contributed by atoms with Gasteiger partial charge in [0.25, 0.3) is 0 Å². The molecule has 4 rings (SSSR count). The van der Waals surface area contributed by atoms with Crippen LogP contribution in [-0.4, -0.2) is 6.03 Å². The minimum atomic E-state index is -0.168. The maximum absolute atomic E-state index is 13.8. The molecule has 4 heteroatoms. The van der Waals surface area contributed by atoms with E-state index in [1.807, 2.05) is 18.2 Å². The lowest BCUT2D eigenvalue weighted by Gasteiger charge is -2.27. The number of carbonyl (C=O) groups is 1. The number of hydrogen-bond donors (Lipinski definition) is 2. The van der Waals surface area contributed by atoms with E-state index < -0.39 is 0 Å². The molecule has 24 heavy (non-hydrogen) atoms. The topological polar surface area (TPSA) is 41.1 Å². The summed E-state index contributed by atoms with van der Waals surface area (Å²) in [5, 5.41) is 6.13. The third-order valence-electron chi connectivity index (χ3n) is 5.19. The molecule has 0 aliphatic heterocycles. The van der Waals surface area contributed by atoms with Crippen molar-refractivity contribution in [3.8, 4) is 0 Å². The highest BCUT2D eigenvalue weighted by atomic mass is 19.1. The molecule has 0 bridgehead atoms. The van der Waals surface area contributed by atoms with Gasteiger partial charge >= 0.3 is 6.03 Å². The van der Waals surface area contributed by atoms with Gasteiger partial charge in [0.2, 0.25) is 0 Å².